The number of anilines is 1. The second-order valence-corrected chi connectivity index (χ2v) is 9.88. The number of pyridine rings is 1. The van der Waals surface area contributed by atoms with Gasteiger partial charge in [-0.15, -0.1) is 10.2 Å². The standard InChI is InChI=1S/C22H31N7O7S/c1-14(20(36-6)17-10-24-19(35-5)11-23-17)37(30,31)28-22-27-26-21(16-8-7-9-18(25-16)34-4)29(22)15(12-32-2)13-33-3/h7-11,14-15,20H,12-13H2,1-6H3,(H,27,28). The first-order valence-electron chi connectivity index (χ1n) is 11.1. The molecule has 3 rings (SSSR count). The van der Waals surface area contributed by atoms with Crippen LogP contribution in [0.25, 0.3) is 11.5 Å². The highest BCUT2D eigenvalue weighted by molar-refractivity contribution is 7.93. The summed E-state index contributed by atoms with van der Waals surface area (Å²) in [6.07, 6.45) is 1.86. The number of nitrogens with one attached hydrogen (secondary N) is 1. The summed E-state index contributed by atoms with van der Waals surface area (Å²) in [5, 5.41) is 7.26. The summed E-state index contributed by atoms with van der Waals surface area (Å²) in [5.74, 6) is 0.914. The van der Waals surface area contributed by atoms with Crippen molar-refractivity contribution in [2.24, 2.45) is 0 Å². The van der Waals surface area contributed by atoms with Gasteiger partial charge in [-0.1, -0.05) is 6.07 Å². The fourth-order valence-corrected chi connectivity index (χ4v) is 4.79. The van der Waals surface area contributed by atoms with Crippen LogP contribution in [0, 0.1) is 0 Å². The van der Waals surface area contributed by atoms with Gasteiger partial charge in [0.15, 0.2) is 5.82 Å². The van der Waals surface area contributed by atoms with Crippen molar-refractivity contribution >= 4 is 16.0 Å². The molecule has 14 nitrogen and oxygen atoms in total. The SMILES string of the molecule is COCC(COC)n1c(NS(=O)(=O)C(C)C(OC)c2cnc(OC)cn2)nnc1-c1cccc(OC)n1. The summed E-state index contributed by atoms with van der Waals surface area (Å²) in [4.78, 5) is 12.7. The van der Waals surface area contributed by atoms with E-state index in [4.69, 9.17) is 23.7 Å². The summed E-state index contributed by atoms with van der Waals surface area (Å²) < 4.78 is 57.5. The van der Waals surface area contributed by atoms with Crippen molar-refractivity contribution in [1.82, 2.24) is 29.7 Å². The van der Waals surface area contributed by atoms with Gasteiger partial charge < -0.3 is 23.7 Å². The van der Waals surface area contributed by atoms with Crippen molar-refractivity contribution in [3.05, 3.63) is 36.3 Å². The van der Waals surface area contributed by atoms with Gasteiger partial charge in [0.25, 0.3) is 0 Å². The molecule has 0 saturated heterocycles. The summed E-state index contributed by atoms with van der Waals surface area (Å²) in [6, 6.07) is 4.66. The molecule has 0 aliphatic rings. The first-order chi connectivity index (χ1) is 17.8. The van der Waals surface area contributed by atoms with Gasteiger partial charge in [-0.05, 0) is 13.0 Å². The van der Waals surface area contributed by atoms with Gasteiger partial charge in [0.1, 0.15) is 17.0 Å². The van der Waals surface area contributed by atoms with Crippen LogP contribution in [0.15, 0.2) is 30.6 Å². The molecule has 15 heteroatoms. The fraction of sp³-hybridized carbons (Fsp3) is 0.500. The molecule has 0 bridgehead atoms. The highest BCUT2D eigenvalue weighted by atomic mass is 32.2. The van der Waals surface area contributed by atoms with Crippen LogP contribution in [0.3, 0.4) is 0 Å². The van der Waals surface area contributed by atoms with Crippen LogP contribution in [0.5, 0.6) is 11.8 Å². The lowest BCUT2D eigenvalue weighted by Crippen LogP contribution is -2.34. The third-order valence-electron chi connectivity index (χ3n) is 5.49. The first kappa shape index (κ1) is 28.2. The Hall–Kier alpha value is -3.40. The normalized spacial score (nSPS) is 13.4. The lowest BCUT2D eigenvalue weighted by Gasteiger charge is -2.24. The van der Waals surface area contributed by atoms with Crippen LogP contribution in [-0.4, -0.2) is 92.1 Å². The van der Waals surface area contributed by atoms with Gasteiger partial charge in [-0.25, -0.2) is 18.4 Å². The Morgan fingerprint density at radius 3 is 2.22 bits per heavy atom. The maximum Gasteiger partial charge on any atom is 0.240 e. The molecular formula is C22H31N7O7S. The van der Waals surface area contributed by atoms with Crippen LogP contribution in [0.1, 0.15) is 24.8 Å². The Balaban J connectivity index is 2.01. The number of ether oxygens (including phenoxy) is 5. The molecule has 0 amide bonds. The lowest BCUT2D eigenvalue weighted by atomic mass is 10.2. The van der Waals surface area contributed by atoms with E-state index in [0.29, 0.717) is 29.0 Å². The van der Waals surface area contributed by atoms with E-state index in [-0.39, 0.29) is 19.2 Å². The molecule has 37 heavy (non-hydrogen) atoms. The van der Waals surface area contributed by atoms with Crippen LogP contribution >= 0.6 is 0 Å². The number of nitrogens with zero attached hydrogens (tertiary/aromatic N) is 6. The number of methoxy groups -OCH3 is 5. The minimum Gasteiger partial charge on any atom is -0.481 e. The van der Waals surface area contributed by atoms with E-state index >= 15 is 0 Å². The number of aromatic nitrogens is 6. The van der Waals surface area contributed by atoms with E-state index in [9.17, 15) is 8.42 Å². The molecule has 3 aromatic rings. The minimum atomic E-state index is -4.08. The summed E-state index contributed by atoms with van der Waals surface area (Å²) in [5.41, 5.74) is 0.742. The monoisotopic (exact) mass is 537 g/mol. The molecule has 3 heterocycles. The maximum atomic E-state index is 13.5. The maximum absolute atomic E-state index is 13.5. The highest BCUT2D eigenvalue weighted by Gasteiger charge is 2.34. The molecule has 0 spiro atoms. The molecule has 202 valence electrons. The molecular weight excluding hydrogens is 506 g/mol. The average molecular weight is 538 g/mol. The quantitative estimate of drug-likeness (QED) is 0.316. The largest absolute Gasteiger partial charge is 0.481 e. The van der Waals surface area contributed by atoms with Crippen LogP contribution in [0.2, 0.25) is 0 Å². The van der Waals surface area contributed by atoms with E-state index in [0.717, 1.165) is 0 Å². The van der Waals surface area contributed by atoms with Gasteiger partial charge in [-0.3, -0.25) is 14.3 Å². The molecule has 2 atom stereocenters. The lowest BCUT2D eigenvalue weighted by molar-refractivity contribution is 0.0908. The Morgan fingerprint density at radius 2 is 1.65 bits per heavy atom. The van der Waals surface area contributed by atoms with Gasteiger partial charge in [0, 0.05) is 27.4 Å². The van der Waals surface area contributed by atoms with Gasteiger partial charge in [0.2, 0.25) is 27.7 Å². The fourth-order valence-electron chi connectivity index (χ4n) is 3.63. The van der Waals surface area contributed by atoms with Crippen molar-refractivity contribution in [3.63, 3.8) is 0 Å². The molecule has 0 aliphatic carbocycles. The van der Waals surface area contributed by atoms with Crippen LogP contribution < -0.4 is 14.2 Å². The van der Waals surface area contributed by atoms with Gasteiger partial charge >= 0.3 is 0 Å². The molecule has 1 N–H and O–H groups in total. The smallest absolute Gasteiger partial charge is 0.240 e. The Morgan fingerprint density at radius 1 is 0.946 bits per heavy atom. The van der Waals surface area contributed by atoms with E-state index in [1.807, 2.05) is 0 Å². The second-order valence-electron chi connectivity index (χ2n) is 7.84. The average Bonchev–Trinajstić information content (AvgIpc) is 3.32. The van der Waals surface area contributed by atoms with Crippen molar-refractivity contribution in [2.45, 2.75) is 24.3 Å². The Labute approximate surface area is 215 Å². The number of hydrogen-bond acceptors (Lipinski definition) is 12. The van der Waals surface area contributed by atoms with Crippen molar-refractivity contribution < 1.29 is 32.1 Å². The Kier molecular flexibility index (Phi) is 9.68. The summed E-state index contributed by atoms with van der Waals surface area (Å²) in [6.45, 7) is 1.87. The van der Waals surface area contributed by atoms with E-state index in [1.54, 1.807) is 22.8 Å². The number of rotatable bonds is 14. The molecule has 0 fully saturated rings. The first-order valence-corrected chi connectivity index (χ1v) is 12.7. The molecule has 2 unspecified atom stereocenters. The highest BCUT2D eigenvalue weighted by Crippen LogP contribution is 2.29. The van der Waals surface area contributed by atoms with Crippen molar-refractivity contribution in [1.29, 1.82) is 0 Å². The number of sulfonamides is 1. The van der Waals surface area contributed by atoms with Gasteiger partial charge in [0.05, 0.1) is 51.6 Å². The van der Waals surface area contributed by atoms with E-state index in [1.165, 1.54) is 54.9 Å². The molecule has 0 saturated carbocycles. The van der Waals surface area contributed by atoms with Crippen molar-refractivity contribution in [2.75, 3.05) is 53.5 Å². The van der Waals surface area contributed by atoms with E-state index in [2.05, 4.69) is 29.9 Å². The number of hydrogen-bond donors (Lipinski definition) is 1. The van der Waals surface area contributed by atoms with Crippen LogP contribution in [-0.2, 0) is 24.2 Å². The second kappa shape index (κ2) is 12.7. The Bertz CT molecular complexity index is 1250. The predicted octanol–water partition coefficient (Wildman–Crippen LogP) is 1.50. The summed E-state index contributed by atoms with van der Waals surface area (Å²) in [7, 11) is 3.33. The van der Waals surface area contributed by atoms with E-state index < -0.39 is 27.4 Å². The zero-order valence-corrected chi connectivity index (χ0v) is 22.3. The third-order valence-corrected chi connectivity index (χ3v) is 7.19. The van der Waals surface area contributed by atoms with Gasteiger partial charge in [-0.2, -0.15) is 0 Å². The van der Waals surface area contributed by atoms with Crippen molar-refractivity contribution in [3.8, 4) is 23.3 Å². The predicted molar refractivity (Wildman–Crippen MR) is 133 cm³/mol. The topological polar surface area (TPSA) is 162 Å². The molecule has 0 radical (unpaired) electrons. The van der Waals surface area contributed by atoms with Crippen LogP contribution in [0.4, 0.5) is 5.95 Å². The third kappa shape index (κ3) is 6.49. The minimum absolute atomic E-state index is 0.0405. The molecule has 0 aliphatic heterocycles. The molecule has 3 aromatic heterocycles. The summed E-state index contributed by atoms with van der Waals surface area (Å²) >= 11 is 0. The zero-order valence-electron chi connectivity index (χ0n) is 21.5. The molecule has 0 aromatic carbocycles. The zero-order chi connectivity index (χ0) is 27.0.